The number of carbonyl (C=O) groups excluding carboxylic acids is 4. The number of benzene rings is 3. The molecule has 44 heavy (non-hydrogen) atoms. The molecule has 9 nitrogen and oxygen atoms in total. The van der Waals surface area contributed by atoms with Crippen molar-refractivity contribution >= 4 is 40.2 Å². The second kappa shape index (κ2) is 17.4. The number of hydrogen-bond donors (Lipinski definition) is 4. The smallest absolute Gasteiger partial charge is 0.309 e. The van der Waals surface area contributed by atoms with E-state index in [0.717, 1.165) is 16.3 Å². The molecule has 3 aromatic rings. The predicted molar refractivity (Wildman–Crippen MR) is 172 cm³/mol. The van der Waals surface area contributed by atoms with E-state index in [9.17, 15) is 24.3 Å². The molecule has 0 saturated heterocycles. The van der Waals surface area contributed by atoms with E-state index in [4.69, 9.17) is 4.74 Å². The number of aliphatic hydroxyl groups excluding tert-OH is 1. The molecule has 232 valence electrons. The summed E-state index contributed by atoms with van der Waals surface area (Å²) in [4.78, 5) is 52.5. The zero-order chi connectivity index (χ0) is 31.9. The van der Waals surface area contributed by atoms with E-state index in [1.165, 1.54) is 6.08 Å². The van der Waals surface area contributed by atoms with Gasteiger partial charge in [-0.05, 0) is 54.7 Å². The molecule has 0 saturated carbocycles. The van der Waals surface area contributed by atoms with Gasteiger partial charge in [0.15, 0.2) is 0 Å². The maximum Gasteiger partial charge on any atom is 0.309 e. The third kappa shape index (κ3) is 10.5. The molecule has 4 N–H and O–H groups in total. The van der Waals surface area contributed by atoms with Crippen molar-refractivity contribution in [1.82, 2.24) is 10.6 Å². The Morgan fingerprint density at radius 3 is 2.18 bits per heavy atom. The van der Waals surface area contributed by atoms with E-state index in [1.807, 2.05) is 66.7 Å². The molecular formula is C35H41N3O6. The minimum atomic E-state index is -1.24. The van der Waals surface area contributed by atoms with Gasteiger partial charge in [0, 0.05) is 18.2 Å². The SMILES string of the molecule is C=CC[C@H](CC(=O)N[C@H](C)CO)C(=O)N[C@@H](COC(=O)[C@H](CC=C)Cc1ccccc1)C(=O)Nc1ccc2ccccc2c1. The van der Waals surface area contributed by atoms with Crippen LogP contribution in [-0.4, -0.2) is 54.1 Å². The van der Waals surface area contributed by atoms with E-state index in [1.54, 1.807) is 19.1 Å². The number of nitrogens with one attached hydrogen (secondary N) is 3. The van der Waals surface area contributed by atoms with E-state index in [-0.39, 0.29) is 19.4 Å². The lowest BCUT2D eigenvalue weighted by atomic mass is 9.96. The summed E-state index contributed by atoms with van der Waals surface area (Å²) in [6.07, 6.45) is 3.94. The minimum absolute atomic E-state index is 0.171. The molecule has 0 heterocycles. The van der Waals surface area contributed by atoms with Crippen LogP contribution >= 0.6 is 0 Å². The van der Waals surface area contributed by atoms with E-state index in [0.29, 0.717) is 18.5 Å². The van der Waals surface area contributed by atoms with Crippen LogP contribution in [0.4, 0.5) is 5.69 Å². The van der Waals surface area contributed by atoms with Crippen LogP contribution in [0.25, 0.3) is 10.8 Å². The first kappa shape index (κ1) is 33.7. The summed E-state index contributed by atoms with van der Waals surface area (Å²) >= 11 is 0. The summed E-state index contributed by atoms with van der Waals surface area (Å²) in [5.74, 6) is -3.46. The van der Waals surface area contributed by atoms with Crippen molar-refractivity contribution in [3.8, 4) is 0 Å². The zero-order valence-electron chi connectivity index (χ0n) is 25.0. The van der Waals surface area contributed by atoms with Gasteiger partial charge in [0.1, 0.15) is 12.6 Å². The highest BCUT2D eigenvalue weighted by Gasteiger charge is 2.29. The number of amides is 3. The molecule has 0 aliphatic carbocycles. The van der Waals surface area contributed by atoms with Gasteiger partial charge in [-0.25, -0.2) is 0 Å². The van der Waals surface area contributed by atoms with Crippen LogP contribution in [0.5, 0.6) is 0 Å². The Labute approximate surface area is 258 Å². The molecular weight excluding hydrogens is 558 g/mol. The lowest BCUT2D eigenvalue weighted by Crippen LogP contribution is -2.50. The zero-order valence-corrected chi connectivity index (χ0v) is 25.0. The Kier molecular flexibility index (Phi) is 13.3. The highest BCUT2D eigenvalue weighted by Crippen LogP contribution is 2.20. The molecule has 0 aliphatic rings. The highest BCUT2D eigenvalue weighted by atomic mass is 16.5. The van der Waals surface area contributed by atoms with Crippen LogP contribution in [0.15, 0.2) is 98.1 Å². The van der Waals surface area contributed by atoms with Crippen LogP contribution < -0.4 is 16.0 Å². The van der Waals surface area contributed by atoms with Crippen molar-refractivity contribution in [1.29, 1.82) is 0 Å². The van der Waals surface area contributed by atoms with Gasteiger partial charge in [0.25, 0.3) is 5.91 Å². The van der Waals surface area contributed by atoms with Crippen LogP contribution in [0.2, 0.25) is 0 Å². The average molecular weight is 600 g/mol. The van der Waals surface area contributed by atoms with Crippen molar-refractivity contribution in [3.63, 3.8) is 0 Å². The van der Waals surface area contributed by atoms with Crippen molar-refractivity contribution in [2.24, 2.45) is 11.8 Å². The average Bonchev–Trinajstić information content (AvgIpc) is 3.02. The van der Waals surface area contributed by atoms with Crippen LogP contribution in [-0.2, 0) is 30.3 Å². The number of anilines is 1. The van der Waals surface area contributed by atoms with E-state index >= 15 is 0 Å². The number of fused-ring (bicyclic) bond motifs is 1. The van der Waals surface area contributed by atoms with Gasteiger partial charge in [-0.2, -0.15) is 0 Å². The third-order valence-electron chi connectivity index (χ3n) is 7.09. The van der Waals surface area contributed by atoms with Gasteiger partial charge < -0.3 is 25.8 Å². The maximum absolute atomic E-state index is 13.5. The highest BCUT2D eigenvalue weighted by molar-refractivity contribution is 5.99. The summed E-state index contributed by atoms with van der Waals surface area (Å²) in [6.45, 7) is 8.42. The fraction of sp³-hybridized carbons (Fsp3) is 0.314. The Morgan fingerprint density at radius 2 is 1.50 bits per heavy atom. The number of ether oxygens (including phenoxy) is 1. The molecule has 3 amide bonds. The number of hydrogen-bond acceptors (Lipinski definition) is 6. The molecule has 0 aliphatic heterocycles. The number of rotatable bonds is 17. The summed E-state index contributed by atoms with van der Waals surface area (Å²) in [5.41, 5.74) is 1.46. The fourth-order valence-corrected chi connectivity index (χ4v) is 4.70. The first-order valence-corrected chi connectivity index (χ1v) is 14.7. The Hall–Kier alpha value is -4.76. The van der Waals surface area contributed by atoms with Crippen molar-refractivity contribution in [2.75, 3.05) is 18.5 Å². The van der Waals surface area contributed by atoms with Gasteiger partial charge in [-0.1, -0.05) is 72.8 Å². The van der Waals surface area contributed by atoms with Gasteiger partial charge in [-0.15, -0.1) is 13.2 Å². The number of aliphatic hydroxyl groups is 1. The Bertz CT molecular complexity index is 1440. The largest absolute Gasteiger partial charge is 0.463 e. The maximum atomic E-state index is 13.5. The van der Waals surface area contributed by atoms with E-state index < -0.39 is 54.2 Å². The Balaban J connectivity index is 1.78. The molecule has 9 heteroatoms. The van der Waals surface area contributed by atoms with Gasteiger partial charge >= 0.3 is 5.97 Å². The molecule has 0 bridgehead atoms. The number of carbonyl (C=O) groups is 4. The molecule has 3 aromatic carbocycles. The molecule has 4 atom stereocenters. The third-order valence-corrected chi connectivity index (χ3v) is 7.09. The molecule has 0 unspecified atom stereocenters. The monoisotopic (exact) mass is 599 g/mol. The van der Waals surface area contributed by atoms with Crippen molar-refractivity contribution in [3.05, 3.63) is 104 Å². The lowest BCUT2D eigenvalue weighted by Gasteiger charge is -2.23. The van der Waals surface area contributed by atoms with Crippen molar-refractivity contribution < 1.29 is 29.0 Å². The van der Waals surface area contributed by atoms with Gasteiger partial charge in [0.05, 0.1) is 18.4 Å². The summed E-state index contributed by atoms with van der Waals surface area (Å²) in [7, 11) is 0. The van der Waals surface area contributed by atoms with Crippen molar-refractivity contribution in [2.45, 2.75) is 44.7 Å². The molecule has 3 rings (SSSR count). The molecule has 0 fully saturated rings. The van der Waals surface area contributed by atoms with E-state index in [2.05, 4.69) is 29.1 Å². The second-order valence-corrected chi connectivity index (χ2v) is 10.7. The standard InChI is InChI=1S/C35H41N3O6/c1-4-11-28(21-32(40)36-24(3)22-39)33(41)38-31(34(42)37-30-18-17-26-15-9-10-16-27(26)20-30)23-44-35(43)29(12-5-2)19-25-13-7-6-8-14-25/h4-10,13-18,20,24,28-29,31,39H,1-2,11-12,19,21-23H2,3H3,(H,36,40)(H,37,42)(H,38,41)/t24-,28-,29-,31+/m1/s1. The minimum Gasteiger partial charge on any atom is -0.463 e. The van der Waals surface area contributed by atoms with Crippen LogP contribution in [0.1, 0.15) is 31.7 Å². The number of allylic oxidation sites excluding steroid dienone is 2. The van der Waals surface area contributed by atoms with Gasteiger partial charge in [-0.3, -0.25) is 19.2 Å². The quantitative estimate of drug-likeness (QED) is 0.135. The molecule has 0 aromatic heterocycles. The Morgan fingerprint density at radius 1 is 0.841 bits per heavy atom. The van der Waals surface area contributed by atoms with Crippen LogP contribution in [0.3, 0.4) is 0 Å². The number of esters is 1. The lowest BCUT2D eigenvalue weighted by molar-refractivity contribution is -0.150. The topological polar surface area (TPSA) is 134 Å². The van der Waals surface area contributed by atoms with Gasteiger partial charge in [0.2, 0.25) is 11.8 Å². The summed E-state index contributed by atoms with van der Waals surface area (Å²) in [6, 6.07) is 20.9. The summed E-state index contributed by atoms with van der Waals surface area (Å²) < 4.78 is 5.62. The fourth-order valence-electron chi connectivity index (χ4n) is 4.70. The predicted octanol–water partition coefficient (Wildman–Crippen LogP) is 4.32. The van der Waals surface area contributed by atoms with Crippen LogP contribution in [0, 0.1) is 11.8 Å². The second-order valence-electron chi connectivity index (χ2n) is 10.7. The molecule has 0 radical (unpaired) electrons. The molecule has 0 spiro atoms. The first-order valence-electron chi connectivity index (χ1n) is 14.7. The first-order chi connectivity index (χ1) is 21.2. The normalized spacial score (nSPS) is 13.5. The summed E-state index contributed by atoms with van der Waals surface area (Å²) in [5, 5.41) is 19.3.